The zero-order valence-electron chi connectivity index (χ0n) is 12.5. The molecular weight excluding hydrogens is 244 g/mol. The second-order valence-electron chi connectivity index (χ2n) is 6.09. The predicted molar refractivity (Wildman–Crippen MR) is 85.9 cm³/mol. The second kappa shape index (κ2) is 5.94. The minimum absolute atomic E-state index is 0.636. The molecule has 0 radical (unpaired) electrons. The van der Waals surface area contributed by atoms with Crippen LogP contribution in [0.4, 0.5) is 0 Å². The smallest absolute Gasteiger partial charge is 0.0214 e. The Labute approximate surface area is 121 Å². The first kappa shape index (κ1) is 13.6. The molecule has 0 bridgehead atoms. The fraction of sp³-hybridized carbons (Fsp3) is 0.444. The molecule has 20 heavy (non-hydrogen) atoms. The van der Waals surface area contributed by atoms with Crippen LogP contribution in [0.15, 0.2) is 42.5 Å². The van der Waals surface area contributed by atoms with Crippen LogP contribution in [0.2, 0.25) is 0 Å². The summed E-state index contributed by atoms with van der Waals surface area (Å²) in [6.07, 6.45) is 1.27. The van der Waals surface area contributed by atoms with E-state index in [1.54, 1.807) is 0 Å². The molecule has 0 amide bonds. The fourth-order valence-corrected chi connectivity index (χ4v) is 3.12. The maximum Gasteiger partial charge on any atom is 0.0214 e. The van der Waals surface area contributed by atoms with E-state index in [0.717, 1.165) is 6.54 Å². The van der Waals surface area contributed by atoms with E-state index in [-0.39, 0.29) is 0 Å². The fourth-order valence-electron chi connectivity index (χ4n) is 3.12. The largest absolute Gasteiger partial charge is 0.309 e. The van der Waals surface area contributed by atoms with E-state index in [1.165, 1.54) is 35.8 Å². The standard InChI is InChI=1S/C18H24N2/c1-14(2)20-11-10-17(13-20)19-12-16-8-5-7-15-6-3-4-9-18(15)16/h3-9,14,17,19H,10-13H2,1-2H3. The van der Waals surface area contributed by atoms with Gasteiger partial charge >= 0.3 is 0 Å². The van der Waals surface area contributed by atoms with Gasteiger partial charge in [-0.1, -0.05) is 42.5 Å². The van der Waals surface area contributed by atoms with Crippen LogP contribution >= 0.6 is 0 Å². The van der Waals surface area contributed by atoms with Gasteiger partial charge in [-0.15, -0.1) is 0 Å². The average molecular weight is 268 g/mol. The molecule has 1 fully saturated rings. The lowest BCUT2D eigenvalue weighted by atomic mass is 10.0. The molecule has 1 aliphatic rings. The first-order valence-corrected chi connectivity index (χ1v) is 7.68. The van der Waals surface area contributed by atoms with Gasteiger partial charge in [-0.25, -0.2) is 0 Å². The van der Waals surface area contributed by atoms with Crippen molar-refractivity contribution in [1.29, 1.82) is 0 Å². The molecule has 1 heterocycles. The molecule has 2 nitrogen and oxygen atoms in total. The van der Waals surface area contributed by atoms with E-state index in [0.29, 0.717) is 12.1 Å². The summed E-state index contributed by atoms with van der Waals surface area (Å²) in [4.78, 5) is 2.56. The molecule has 1 aliphatic heterocycles. The first-order valence-electron chi connectivity index (χ1n) is 7.68. The van der Waals surface area contributed by atoms with Crippen LogP contribution in [0, 0.1) is 0 Å². The van der Waals surface area contributed by atoms with Crippen molar-refractivity contribution < 1.29 is 0 Å². The van der Waals surface area contributed by atoms with Crippen LogP contribution < -0.4 is 5.32 Å². The zero-order chi connectivity index (χ0) is 13.9. The van der Waals surface area contributed by atoms with Crippen molar-refractivity contribution >= 4 is 10.8 Å². The molecule has 1 saturated heterocycles. The molecule has 1 atom stereocenters. The van der Waals surface area contributed by atoms with Crippen molar-refractivity contribution in [2.45, 2.75) is 38.9 Å². The number of hydrogen-bond donors (Lipinski definition) is 1. The number of fused-ring (bicyclic) bond motifs is 1. The molecule has 0 aromatic heterocycles. The van der Waals surface area contributed by atoms with Gasteiger partial charge in [0, 0.05) is 25.2 Å². The number of nitrogens with zero attached hydrogens (tertiary/aromatic N) is 1. The number of likely N-dealkylation sites (tertiary alicyclic amines) is 1. The van der Waals surface area contributed by atoms with Crippen molar-refractivity contribution in [3.05, 3.63) is 48.0 Å². The summed E-state index contributed by atoms with van der Waals surface area (Å²) >= 11 is 0. The molecule has 1 N–H and O–H groups in total. The molecule has 0 saturated carbocycles. The molecule has 2 heteroatoms. The van der Waals surface area contributed by atoms with E-state index < -0.39 is 0 Å². The highest BCUT2D eigenvalue weighted by Crippen LogP contribution is 2.19. The molecule has 0 aliphatic carbocycles. The number of benzene rings is 2. The molecule has 2 aromatic carbocycles. The lowest BCUT2D eigenvalue weighted by molar-refractivity contribution is 0.268. The molecular formula is C18H24N2. The highest BCUT2D eigenvalue weighted by atomic mass is 15.2. The minimum Gasteiger partial charge on any atom is -0.309 e. The summed E-state index contributed by atoms with van der Waals surface area (Å²) in [6, 6.07) is 16.5. The van der Waals surface area contributed by atoms with E-state index in [2.05, 4.69) is 66.5 Å². The summed E-state index contributed by atoms with van der Waals surface area (Å²) in [5, 5.41) is 6.44. The lowest BCUT2D eigenvalue weighted by Crippen LogP contribution is -2.34. The quantitative estimate of drug-likeness (QED) is 0.914. The molecule has 2 aromatic rings. The van der Waals surface area contributed by atoms with Gasteiger partial charge in [0.15, 0.2) is 0 Å². The van der Waals surface area contributed by atoms with Gasteiger partial charge in [0.05, 0.1) is 0 Å². The van der Waals surface area contributed by atoms with Gasteiger partial charge in [-0.3, -0.25) is 4.90 Å². The van der Waals surface area contributed by atoms with Crippen molar-refractivity contribution in [1.82, 2.24) is 10.2 Å². The molecule has 106 valence electrons. The third-order valence-corrected chi connectivity index (χ3v) is 4.41. The summed E-state index contributed by atoms with van der Waals surface area (Å²) in [5.41, 5.74) is 1.41. The maximum absolute atomic E-state index is 3.73. The van der Waals surface area contributed by atoms with E-state index in [4.69, 9.17) is 0 Å². The number of hydrogen-bond acceptors (Lipinski definition) is 2. The highest BCUT2D eigenvalue weighted by Gasteiger charge is 2.23. The maximum atomic E-state index is 3.73. The van der Waals surface area contributed by atoms with Crippen LogP contribution in [0.5, 0.6) is 0 Å². The van der Waals surface area contributed by atoms with Gasteiger partial charge < -0.3 is 5.32 Å². The van der Waals surface area contributed by atoms with Crippen LogP contribution in [0.1, 0.15) is 25.8 Å². The molecule has 1 unspecified atom stereocenters. The third kappa shape index (κ3) is 2.87. The van der Waals surface area contributed by atoms with Gasteiger partial charge in [0.25, 0.3) is 0 Å². The predicted octanol–water partition coefficient (Wildman–Crippen LogP) is 3.41. The van der Waals surface area contributed by atoms with E-state index >= 15 is 0 Å². The summed E-state index contributed by atoms with van der Waals surface area (Å²) in [6.45, 7) is 7.95. The normalized spacial score (nSPS) is 20.1. The minimum atomic E-state index is 0.636. The Kier molecular flexibility index (Phi) is 4.04. The van der Waals surface area contributed by atoms with E-state index in [9.17, 15) is 0 Å². The Morgan fingerprint density at radius 2 is 1.95 bits per heavy atom. The summed E-state index contributed by atoms with van der Waals surface area (Å²) in [7, 11) is 0. The Morgan fingerprint density at radius 3 is 2.75 bits per heavy atom. The SMILES string of the molecule is CC(C)N1CCC(NCc2cccc3ccccc23)C1. The summed E-state index contributed by atoms with van der Waals surface area (Å²) < 4.78 is 0. The lowest BCUT2D eigenvalue weighted by Gasteiger charge is -2.20. The number of nitrogens with one attached hydrogen (secondary N) is 1. The van der Waals surface area contributed by atoms with Gasteiger partial charge in [0.2, 0.25) is 0 Å². The average Bonchev–Trinajstić information content (AvgIpc) is 2.94. The van der Waals surface area contributed by atoms with Crippen LogP contribution in [-0.2, 0) is 6.54 Å². The Morgan fingerprint density at radius 1 is 1.15 bits per heavy atom. The Hall–Kier alpha value is -1.38. The van der Waals surface area contributed by atoms with Crippen LogP contribution in [0.25, 0.3) is 10.8 Å². The van der Waals surface area contributed by atoms with Gasteiger partial charge in [-0.2, -0.15) is 0 Å². The second-order valence-corrected chi connectivity index (χ2v) is 6.09. The molecule has 0 spiro atoms. The summed E-state index contributed by atoms with van der Waals surface area (Å²) in [5.74, 6) is 0. The van der Waals surface area contributed by atoms with Gasteiger partial charge in [0.1, 0.15) is 0 Å². The van der Waals surface area contributed by atoms with E-state index in [1.807, 2.05) is 0 Å². The van der Waals surface area contributed by atoms with Crippen LogP contribution in [0.3, 0.4) is 0 Å². The Bertz CT molecular complexity index is 571. The van der Waals surface area contributed by atoms with Crippen molar-refractivity contribution in [3.63, 3.8) is 0 Å². The first-order chi connectivity index (χ1) is 9.74. The van der Waals surface area contributed by atoms with Crippen LogP contribution in [-0.4, -0.2) is 30.1 Å². The monoisotopic (exact) mass is 268 g/mol. The van der Waals surface area contributed by atoms with Crippen molar-refractivity contribution in [2.24, 2.45) is 0 Å². The van der Waals surface area contributed by atoms with Crippen molar-refractivity contribution in [3.8, 4) is 0 Å². The van der Waals surface area contributed by atoms with Gasteiger partial charge in [-0.05, 0) is 43.1 Å². The molecule has 3 rings (SSSR count). The third-order valence-electron chi connectivity index (χ3n) is 4.41. The van der Waals surface area contributed by atoms with Crippen molar-refractivity contribution in [2.75, 3.05) is 13.1 Å². The number of rotatable bonds is 4. The topological polar surface area (TPSA) is 15.3 Å². The zero-order valence-corrected chi connectivity index (χ0v) is 12.5. The Balaban J connectivity index is 1.66. The highest BCUT2D eigenvalue weighted by molar-refractivity contribution is 5.85.